The summed E-state index contributed by atoms with van der Waals surface area (Å²) in [5.74, 6) is -0.844. The molecule has 2 aliphatic rings. The van der Waals surface area contributed by atoms with E-state index in [1.165, 1.54) is 12.3 Å². The number of hydrogen-bond acceptors (Lipinski definition) is 7. The second-order valence-corrected chi connectivity index (χ2v) is 7.78. The highest BCUT2D eigenvalue weighted by atomic mass is 16.5. The Morgan fingerprint density at radius 2 is 2.00 bits per heavy atom. The molecule has 0 aliphatic carbocycles. The van der Waals surface area contributed by atoms with Gasteiger partial charge in [-0.1, -0.05) is 12.1 Å². The first-order valence-corrected chi connectivity index (χ1v) is 10.9. The smallest absolute Gasteiger partial charge is 0.290 e. The standard InChI is InChI=1S/C24H28N2O6/c1-2-31-18-7-3-6-17(16-18)21-20(22(27)19-8-4-13-32-19)23(28)24(29)26(21)10-5-9-25-11-14-30-15-12-25/h3-4,6-8,13,16,21,28H,2,5,9-12,14-15H2,1H3/t21-/m0/s1. The number of carbonyl (C=O) groups excluding carboxylic acids is 2. The summed E-state index contributed by atoms with van der Waals surface area (Å²) in [5, 5.41) is 10.7. The van der Waals surface area contributed by atoms with Gasteiger partial charge >= 0.3 is 0 Å². The van der Waals surface area contributed by atoms with Crippen molar-refractivity contribution in [3.8, 4) is 5.75 Å². The van der Waals surface area contributed by atoms with E-state index in [0.29, 0.717) is 44.1 Å². The number of benzene rings is 1. The number of carbonyl (C=O) groups is 2. The summed E-state index contributed by atoms with van der Waals surface area (Å²) in [7, 11) is 0. The first-order chi connectivity index (χ1) is 15.6. The van der Waals surface area contributed by atoms with Crippen molar-refractivity contribution in [1.29, 1.82) is 0 Å². The Balaban J connectivity index is 1.61. The van der Waals surface area contributed by atoms with Gasteiger partial charge in [-0.25, -0.2) is 0 Å². The highest BCUT2D eigenvalue weighted by Gasteiger charge is 2.44. The first kappa shape index (κ1) is 22.1. The highest BCUT2D eigenvalue weighted by Crippen LogP contribution is 2.40. The third-order valence-electron chi connectivity index (χ3n) is 5.76. The summed E-state index contributed by atoms with van der Waals surface area (Å²) in [5.41, 5.74) is 0.736. The Bertz CT molecular complexity index is 978. The van der Waals surface area contributed by atoms with Crippen LogP contribution in [0, 0.1) is 0 Å². The van der Waals surface area contributed by atoms with Gasteiger partial charge in [0.15, 0.2) is 11.5 Å². The molecule has 1 amide bonds. The third kappa shape index (κ3) is 4.56. The zero-order valence-corrected chi connectivity index (χ0v) is 18.2. The molecule has 4 rings (SSSR count). The number of aliphatic hydroxyl groups is 1. The zero-order valence-electron chi connectivity index (χ0n) is 18.2. The Hall–Kier alpha value is -3.10. The lowest BCUT2D eigenvalue weighted by Gasteiger charge is -2.30. The molecule has 1 aromatic carbocycles. The van der Waals surface area contributed by atoms with Crippen LogP contribution in [0.2, 0.25) is 0 Å². The Morgan fingerprint density at radius 3 is 2.72 bits per heavy atom. The number of furan rings is 1. The lowest BCUT2D eigenvalue weighted by Crippen LogP contribution is -2.39. The van der Waals surface area contributed by atoms with Crippen LogP contribution in [0.4, 0.5) is 0 Å². The van der Waals surface area contributed by atoms with Crippen molar-refractivity contribution >= 4 is 11.7 Å². The summed E-state index contributed by atoms with van der Waals surface area (Å²) in [4.78, 5) is 30.1. The van der Waals surface area contributed by atoms with Crippen molar-refractivity contribution in [3.05, 3.63) is 65.3 Å². The molecule has 8 heteroatoms. The molecule has 0 spiro atoms. The van der Waals surface area contributed by atoms with Gasteiger partial charge in [-0.15, -0.1) is 0 Å². The number of rotatable bonds is 9. The van der Waals surface area contributed by atoms with Crippen LogP contribution in [0.1, 0.15) is 35.5 Å². The molecule has 32 heavy (non-hydrogen) atoms. The average molecular weight is 440 g/mol. The van der Waals surface area contributed by atoms with E-state index in [2.05, 4.69) is 4.90 Å². The van der Waals surface area contributed by atoms with Crippen LogP contribution in [-0.4, -0.2) is 72.6 Å². The number of nitrogens with zero attached hydrogens (tertiary/aromatic N) is 2. The van der Waals surface area contributed by atoms with Gasteiger partial charge in [-0.2, -0.15) is 0 Å². The number of ether oxygens (including phenoxy) is 2. The second-order valence-electron chi connectivity index (χ2n) is 7.78. The molecule has 1 N–H and O–H groups in total. The van der Waals surface area contributed by atoms with Gasteiger partial charge in [0.2, 0.25) is 5.78 Å². The minimum atomic E-state index is -0.717. The Kier molecular flexibility index (Phi) is 6.92. The maximum atomic E-state index is 13.2. The van der Waals surface area contributed by atoms with Crippen molar-refractivity contribution in [2.45, 2.75) is 19.4 Å². The van der Waals surface area contributed by atoms with Crippen LogP contribution in [0.15, 0.2) is 58.4 Å². The number of aliphatic hydroxyl groups excluding tert-OH is 1. The molecule has 3 heterocycles. The van der Waals surface area contributed by atoms with E-state index in [1.807, 2.05) is 31.2 Å². The molecule has 0 bridgehead atoms. The molecule has 0 saturated carbocycles. The van der Waals surface area contributed by atoms with Gasteiger partial charge < -0.3 is 23.9 Å². The first-order valence-electron chi connectivity index (χ1n) is 10.9. The Morgan fingerprint density at radius 1 is 1.19 bits per heavy atom. The monoisotopic (exact) mass is 440 g/mol. The molecule has 1 saturated heterocycles. The third-order valence-corrected chi connectivity index (χ3v) is 5.76. The molecule has 1 atom stereocenters. The van der Waals surface area contributed by atoms with E-state index in [1.54, 1.807) is 11.0 Å². The van der Waals surface area contributed by atoms with E-state index >= 15 is 0 Å². The van der Waals surface area contributed by atoms with Crippen LogP contribution < -0.4 is 4.74 Å². The van der Waals surface area contributed by atoms with E-state index in [-0.39, 0.29) is 11.3 Å². The van der Waals surface area contributed by atoms with Gasteiger partial charge in [0.1, 0.15) is 5.75 Å². The van der Waals surface area contributed by atoms with Crippen molar-refractivity contribution in [1.82, 2.24) is 9.80 Å². The number of morpholine rings is 1. The minimum absolute atomic E-state index is 0.0324. The van der Waals surface area contributed by atoms with E-state index in [0.717, 1.165) is 19.6 Å². The quantitative estimate of drug-likeness (QED) is 0.599. The van der Waals surface area contributed by atoms with Crippen LogP contribution in [-0.2, 0) is 9.53 Å². The fourth-order valence-corrected chi connectivity index (χ4v) is 4.23. The molecule has 8 nitrogen and oxygen atoms in total. The van der Waals surface area contributed by atoms with E-state index < -0.39 is 23.5 Å². The highest BCUT2D eigenvalue weighted by molar-refractivity contribution is 6.15. The topological polar surface area (TPSA) is 92.5 Å². The normalized spacial score (nSPS) is 19.6. The lowest BCUT2D eigenvalue weighted by molar-refractivity contribution is -0.129. The molecule has 0 radical (unpaired) electrons. The van der Waals surface area contributed by atoms with Crippen molar-refractivity contribution in [2.75, 3.05) is 46.0 Å². The predicted octanol–water partition coefficient (Wildman–Crippen LogP) is 2.98. The van der Waals surface area contributed by atoms with Crippen LogP contribution in [0.3, 0.4) is 0 Å². The summed E-state index contributed by atoms with van der Waals surface area (Å²) in [6.45, 7) is 6.73. The van der Waals surface area contributed by atoms with Crippen LogP contribution in [0.25, 0.3) is 0 Å². The van der Waals surface area contributed by atoms with Crippen LogP contribution >= 0.6 is 0 Å². The molecule has 2 aromatic rings. The van der Waals surface area contributed by atoms with Crippen molar-refractivity contribution < 1.29 is 28.6 Å². The number of amides is 1. The summed E-state index contributed by atoms with van der Waals surface area (Å²) in [6, 6.07) is 9.71. The number of hydrogen-bond donors (Lipinski definition) is 1. The molecule has 0 unspecified atom stereocenters. The summed E-state index contributed by atoms with van der Waals surface area (Å²) >= 11 is 0. The fraction of sp³-hybridized carbons (Fsp3) is 0.417. The van der Waals surface area contributed by atoms with Gasteiger partial charge in [0.25, 0.3) is 5.91 Å². The molecule has 170 valence electrons. The summed E-state index contributed by atoms with van der Waals surface area (Å²) < 4.78 is 16.3. The van der Waals surface area contributed by atoms with Gasteiger partial charge in [-0.05, 0) is 43.2 Å². The fourth-order valence-electron chi connectivity index (χ4n) is 4.23. The molecular weight excluding hydrogens is 412 g/mol. The molecule has 1 fully saturated rings. The summed E-state index contributed by atoms with van der Waals surface area (Å²) in [6.07, 6.45) is 2.11. The predicted molar refractivity (Wildman–Crippen MR) is 117 cm³/mol. The maximum Gasteiger partial charge on any atom is 0.290 e. The number of ketones is 1. The molecule has 2 aliphatic heterocycles. The maximum absolute atomic E-state index is 13.2. The molecule has 1 aromatic heterocycles. The van der Waals surface area contributed by atoms with E-state index in [9.17, 15) is 14.7 Å². The van der Waals surface area contributed by atoms with Gasteiger partial charge in [-0.3, -0.25) is 14.5 Å². The van der Waals surface area contributed by atoms with Gasteiger partial charge in [0.05, 0.1) is 37.7 Å². The minimum Gasteiger partial charge on any atom is -0.503 e. The molecular formula is C24H28N2O6. The second kappa shape index (κ2) is 10.0. The Labute approximate surface area is 187 Å². The lowest BCUT2D eigenvalue weighted by atomic mass is 9.95. The van der Waals surface area contributed by atoms with Crippen molar-refractivity contribution in [2.24, 2.45) is 0 Å². The zero-order chi connectivity index (χ0) is 22.5. The van der Waals surface area contributed by atoms with Gasteiger partial charge in [0, 0.05) is 26.2 Å². The van der Waals surface area contributed by atoms with Crippen LogP contribution in [0.5, 0.6) is 5.75 Å². The average Bonchev–Trinajstić information content (AvgIpc) is 3.43. The van der Waals surface area contributed by atoms with E-state index in [4.69, 9.17) is 13.9 Å². The SMILES string of the molecule is CCOc1cccc([C@H]2C(C(=O)c3ccco3)=C(O)C(=O)N2CCCN2CCOCC2)c1. The largest absolute Gasteiger partial charge is 0.503 e. The van der Waals surface area contributed by atoms with Crippen molar-refractivity contribution in [3.63, 3.8) is 0 Å². The number of Topliss-reactive ketones (excluding diaryl/α,β-unsaturated/α-hetero) is 1.